The van der Waals surface area contributed by atoms with Crippen molar-refractivity contribution in [2.75, 3.05) is 0 Å². The lowest BCUT2D eigenvalue weighted by molar-refractivity contribution is 0.471. The molecule has 0 aromatic heterocycles. The minimum absolute atomic E-state index is 0.0640. The molecule has 0 saturated carbocycles. The Kier molecular flexibility index (Phi) is 4.40. The first-order chi connectivity index (χ1) is 9.45. The van der Waals surface area contributed by atoms with Crippen molar-refractivity contribution in [3.05, 3.63) is 58.9 Å². The van der Waals surface area contributed by atoms with Gasteiger partial charge in [-0.1, -0.05) is 17.7 Å². The Morgan fingerprint density at radius 1 is 1.15 bits per heavy atom. The second-order valence-corrected chi connectivity index (χ2v) is 5.31. The van der Waals surface area contributed by atoms with E-state index in [1.165, 1.54) is 11.6 Å². The fraction of sp³-hybridized carbons (Fsp3) is 0.294. The van der Waals surface area contributed by atoms with Gasteiger partial charge >= 0.3 is 0 Å². The predicted molar refractivity (Wildman–Crippen MR) is 79.7 cm³/mol. The van der Waals surface area contributed by atoms with Crippen LogP contribution in [-0.2, 0) is 6.42 Å². The number of ether oxygens (including phenoxy) is 1. The van der Waals surface area contributed by atoms with Gasteiger partial charge < -0.3 is 10.5 Å². The van der Waals surface area contributed by atoms with Crippen LogP contribution in [0.3, 0.4) is 0 Å². The molecule has 0 heterocycles. The molecule has 0 spiro atoms. The van der Waals surface area contributed by atoms with Gasteiger partial charge in [-0.3, -0.25) is 0 Å². The minimum Gasteiger partial charge on any atom is -0.457 e. The number of hydrogen-bond donors (Lipinski definition) is 1. The summed E-state index contributed by atoms with van der Waals surface area (Å²) in [7, 11) is 0. The maximum Gasteiger partial charge on any atom is 0.130 e. The van der Waals surface area contributed by atoms with Gasteiger partial charge in [0, 0.05) is 6.04 Å². The molecule has 2 rings (SSSR count). The molecule has 0 radical (unpaired) electrons. The Balaban J connectivity index is 2.30. The Labute approximate surface area is 119 Å². The van der Waals surface area contributed by atoms with Crippen molar-refractivity contribution in [2.45, 2.75) is 33.2 Å². The zero-order chi connectivity index (χ0) is 14.7. The van der Waals surface area contributed by atoms with Crippen LogP contribution in [0.2, 0.25) is 0 Å². The lowest BCUT2D eigenvalue weighted by atomic mass is 10.0. The van der Waals surface area contributed by atoms with Gasteiger partial charge in [0.15, 0.2) is 0 Å². The Morgan fingerprint density at radius 2 is 1.90 bits per heavy atom. The van der Waals surface area contributed by atoms with Crippen LogP contribution >= 0.6 is 0 Å². The molecule has 2 nitrogen and oxygen atoms in total. The molecule has 2 aromatic carbocycles. The van der Waals surface area contributed by atoms with Gasteiger partial charge in [0.25, 0.3) is 0 Å². The molecule has 20 heavy (non-hydrogen) atoms. The third-order valence-corrected chi connectivity index (χ3v) is 3.12. The summed E-state index contributed by atoms with van der Waals surface area (Å²) in [5, 5.41) is 0. The molecule has 0 fully saturated rings. The first-order valence-corrected chi connectivity index (χ1v) is 6.75. The second-order valence-electron chi connectivity index (χ2n) is 5.31. The Morgan fingerprint density at radius 3 is 2.55 bits per heavy atom. The average molecular weight is 273 g/mol. The lowest BCUT2D eigenvalue weighted by Gasteiger charge is -2.14. The summed E-state index contributed by atoms with van der Waals surface area (Å²) in [6, 6.07) is 10.8. The largest absolute Gasteiger partial charge is 0.457 e. The number of benzene rings is 2. The van der Waals surface area contributed by atoms with E-state index < -0.39 is 0 Å². The Bertz CT molecular complexity index is 608. The van der Waals surface area contributed by atoms with E-state index >= 15 is 0 Å². The van der Waals surface area contributed by atoms with Gasteiger partial charge in [-0.05, 0) is 62.6 Å². The van der Waals surface area contributed by atoms with Gasteiger partial charge in [0.2, 0.25) is 0 Å². The van der Waals surface area contributed by atoms with Gasteiger partial charge in [0.05, 0.1) is 0 Å². The maximum absolute atomic E-state index is 13.3. The van der Waals surface area contributed by atoms with Crippen molar-refractivity contribution in [2.24, 2.45) is 5.73 Å². The summed E-state index contributed by atoms with van der Waals surface area (Å²) in [5.41, 5.74) is 8.69. The van der Waals surface area contributed by atoms with Crippen molar-refractivity contribution < 1.29 is 9.13 Å². The highest BCUT2D eigenvalue weighted by molar-refractivity contribution is 5.41. The molecule has 1 unspecified atom stereocenters. The van der Waals surface area contributed by atoms with Crippen molar-refractivity contribution in [1.29, 1.82) is 0 Å². The fourth-order valence-electron chi connectivity index (χ4n) is 2.12. The van der Waals surface area contributed by atoms with E-state index in [0.717, 1.165) is 17.7 Å². The zero-order valence-corrected chi connectivity index (χ0v) is 12.1. The summed E-state index contributed by atoms with van der Waals surface area (Å²) in [5.74, 6) is 1.19. The van der Waals surface area contributed by atoms with E-state index in [1.54, 1.807) is 19.1 Å². The first-order valence-electron chi connectivity index (χ1n) is 6.75. The van der Waals surface area contributed by atoms with Crippen LogP contribution in [0.4, 0.5) is 4.39 Å². The molecular formula is C17H20FNO. The molecule has 0 saturated heterocycles. The molecule has 3 heteroatoms. The van der Waals surface area contributed by atoms with Crippen molar-refractivity contribution in [3.63, 3.8) is 0 Å². The minimum atomic E-state index is -0.225. The van der Waals surface area contributed by atoms with E-state index in [4.69, 9.17) is 10.5 Å². The Hall–Kier alpha value is -1.87. The molecular weight excluding hydrogens is 253 g/mol. The van der Waals surface area contributed by atoms with E-state index in [-0.39, 0.29) is 11.9 Å². The highest BCUT2D eigenvalue weighted by atomic mass is 19.1. The van der Waals surface area contributed by atoms with Crippen LogP contribution in [0.5, 0.6) is 11.5 Å². The third-order valence-electron chi connectivity index (χ3n) is 3.12. The van der Waals surface area contributed by atoms with E-state index in [0.29, 0.717) is 11.3 Å². The number of rotatable bonds is 4. The van der Waals surface area contributed by atoms with E-state index in [9.17, 15) is 4.39 Å². The quantitative estimate of drug-likeness (QED) is 0.909. The highest BCUT2D eigenvalue weighted by Crippen LogP contribution is 2.28. The maximum atomic E-state index is 13.3. The van der Waals surface area contributed by atoms with Crippen LogP contribution in [0.15, 0.2) is 36.4 Å². The predicted octanol–water partition coefficient (Wildman–Crippen LogP) is 4.12. The molecule has 0 bridgehead atoms. The molecule has 1 atom stereocenters. The fourth-order valence-corrected chi connectivity index (χ4v) is 2.12. The average Bonchev–Trinajstić information content (AvgIpc) is 2.36. The van der Waals surface area contributed by atoms with Crippen LogP contribution in [0.25, 0.3) is 0 Å². The number of nitrogens with two attached hydrogens (primary N) is 1. The van der Waals surface area contributed by atoms with E-state index in [1.807, 2.05) is 26.0 Å². The van der Waals surface area contributed by atoms with Crippen LogP contribution in [0, 0.1) is 19.7 Å². The smallest absolute Gasteiger partial charge is 0.130 e. The van der Waals surface area contributed by atoms with Crippen molar-refractivity contribution >= 4 is 0 Å². The molecule has 106 valence electrons. The van der Waals surface area contributed by atoms with Gasteiger partial charge in [-0.2, -0.15) is 0 Å². The number of hydrogen-bond acceptors (Lipinski definition) is 2. The van der Waals surface area contributed by atoms with Gasteiger partial charge in [0.1, 0.15) is 17.3 Å². The second kappa shape index (κ2) is 6.06. The van der Waals surface area contributed by atoms with Gasteiger partial charge in [-0.15, -0.1) is 0 Å². The first kappa shape index (κ1) is 14.5. The topological polar surface area (TPSA) is 35.2 Å². The van der Waals surface area contributed by atoms with Crippen molar-refractivity contribution in [3.8, 4) is 11.5 Å². The monoisotopic (exact) mass is 273 g/mol. The summed E-state index contributed by atoms with van der Waals surface area (Å²) < 4.78 is 19.1. The summed E-state index contributed by atoms with van der Waals surface area (Å²) in [6.07, 6.45) is 0.747. The number of halogens is 1. The van der Waals surface area contributed by atoms with Crippen LogP contribution < -0.4 is 10.5 Å². The molecule has 0 aliphatic rings. The molecule has 2 N–H and O–H groups in total. The van der Waals surface area contributed by atoms with E-state index in [2.05, 4.69) is 6.07 Å². The SMILES string of the molecule is Cc1ccc(Oc2ccc(F)c(C)c2)c(CC(C)N)c1. The highest BCUT2D eigenvalue weighted by Gasteiger charge is 2.09. The van der Waals surface area contributed by atoms with Crippen LogP contribution in [-0.4, -0.2) is 6.04 Å². The van der Waals surface area contributed by atoms with Crippen molar-refractivity contribution in [1.82, 2.24) is 0 Å². The van der Waals surface area contributed by atoms with Gasteiger partial charge in [-0.25, -0.2) is 4.39 Å². The summed E-state index contributed by atoms with van der Waals surface area (Å²) in [6.45, 7) is 5.73. The molecule has 0 aliphatic carbocycles. The molecule has 0 amide bonds. The summed E-state index contributed by atoms with van der Waals surface area (Å²) in [4.78, 5) is 0. The number of aryl methyl sites for hydroxylation is 2. The molecule has 2 aromatic rings. The summed E-state index contributed by atoms with van der Waals surface area (Å²) >= 11 is 0. The normalized spacial score (nSPS) is 12.2. The van der Waals surface area contributed by atoms with Crippen LogP contribution in [0.1, 0.15) is 23.6 Å². The lowest BCUT2D eigenvalue weighted by Crippen LogP contribution is -2.18. The molecule has 0 aliphatic heterocycles. The third kappa shape index (κ3) is 3.58. The zero-order valence-electron chi connectivity index (χ0n) is 12.1. The standard InChI is InChI=1S/C17H20FNO/c1-11-4-7-17(14(8-11)10-13(3)19)20-15-5-6-16(18)12(2)9-15/h4-9,13H,10,19H2,1-3H3.